The van der Waals surface area contributed by atoms with Crippen molar-refractivity contribution in [2.45, 2.75) is 10.6 Å². The van der Waals surface area contributed by atoms with Gasteiger partial charge in [0.25, 0.3) is 5.69 Å². The van der Waals surface area contributed by atoms with Crippen LogP contribution in [-0.2, 0) is 5.75 Å². The summed E-state index contributed by atoms with van der Waals surface area (Å²) in [4.78, 5) is 11.3. The van der Waals surface area contributed by atoms with Gasteiger partial charge in [0, 0.05) is 22.8 Å². The SMILES string of the molecule is COc1ccc(SCc2ccc([N+](=O)[O-])cc2)cc1. The summed E-state index contributed by atoms with van der Waals surface area (Å²) >= 11 is 1.68. The lowest BCUT2D eigenvalue weighted by Crippen LogP contribution is -1.88. The largest absolute Gasteiger partial charge is 0.497 e. The third-order valence-electron chi connectivity index (χ3n) is 2.61. The summed E-state index contributed by atoms with van der Waals surface area (Å²) < 4.78 is 5.09. The number of hydrogen-bond acceptors (Lipinski definition) is 4. The van der Waals surface area contributed by atoms with Crippen molar-refractivity contribution in [2.75, 3.05) is 7.11 Å². The fourth-order valence-corrected chi connectivity index (χ4v) is 2.41. The Balaban J connectivity index is 1.95. The van der Waals surface area contributed by atoms with E-state index in [2.05, 4.69) is 0 Å². The van der Waals surface area contributed by atoms with Gasteiger partial charge in [-0.3, -0.25) is 10.1 Å². The molecule has 0 saturated carbocycles. The molecule has 0 unspecified atom stereocenters. The van der Waals surface area contributed by atoms with E-state index in [1.807, 2.05) is 24.3 Å². The average Bonchev–Trinajstić information content (AvgIpc) is 2.46. The number of nitro benzene ring substituents is 1. The molecule has 19 heavy (non-hydrogen) atoms. The van der Waals surface area contributed by atoms with Crippen molar-refractivity contribution in [3.8, 4) is 5.75 Å². The van der Waals surface area contributed by atoms with E-state index in [1.54, 1.807) is 31.0 Å². The fourth-order valence-electron chi connectivity index (χ4n) is 1.55. The highest BCUT2D eigenvalue weighted by Crippen LogP contribution is 2.25. The third kappa shape index (κ3) is 3.72. The Bertz CT molecular complexity index is 552. The molecule has 2 aromatic rings. The van der Waals surface area contributed by atoms with Crippen LogP contribution in [0.15, 0.2) is 53.4 Å². The minimum absolute atomic E-state index is 0.123. The van der Waals surface area contributed by atoms with E-state index in [9.17, 15) is 10.1 Å². The molecule has 0 saturated heterocycles. The molecule has 0 aliphatic rings. The minimum atomic E-state index is -0.388. The van der Waals surface area contributed by atoms with Gasteiger partial charge in [0.2, 0.25) is 0 Å². The molecule has 4 nitrogen and oxygen atoms in total. The van der Waals surface area contributed by atoms with E-state index in [1.165, 1.54) is 12.1 Å². The molecule has 0 atom stereocenters. The van der Waals surface area contributed by atoms with Crippen LogP contribution in [0.25, 0.3) is 0 Å². The zero-order valence-electron chi connectivity index (χ0n) is 10.4. The number of non-ortho nitro benzene ring substituents is 1. The van der Waals surface area contributed by atoms with Gasteiger partial charge in [-0.1, -0.05) is 12.1 Å². The standard InChI is InChI=1S/C14H13NO3S/c1-18-13-6-8-14(9-7-13)19-10-11-2-4-12(5-3-11)15(16)17/h2-9H,10H2,1H3. The average molecular weight is 275 g/mol. The van der Waals surface area contributed by atoms with E-state index in [-0.39, 0.29) is 10.6 Å². The second kappa shape index (κ2) is 6.24. The molecular weight excluding hydrogens is 262 g/mol. The Hall–Kier alpha value is -2.01. The minimum Gasteiger partial charge on any atom is -0.497 e. The van der Waals surface area contributed by atoms with Crippen molar-refractivity contribution < 1.29 is 9.66 Å². The van der Waals surface area contributed by atoms with Crippen LogP contribution in [0.5, 0.6) is 5.75 Å². The van der Waals surface area contributed by atoms with Crippen LogP contribution in [0.2, 0.25) is 0 Å². The first-order valence-corrected chi connectivity index (χ1v) is 6.68. The van der Waals surface area contributed by atoms with Crippen molar-refractivity contribution in [1.82, 2.24) is 0 Å². The van der Waals surface area contributed by atoms with E-state index in [0.717, 1.165) is 22.0 Å². The summed E-state index contributed by atoms with van der Waals surface area (Å²) in [5.74, 6) is 1.62. The van der Waals surface area contributed by atoms with Gasteiger partial charge in [0.15, 0.2) is 0 Å². The normalized spacial score (nSPS) is 10.2. The predicted molar refractivity (Wildman–Crippen MR) is 75.7 cm³/mol. The van der Waals surface area contributed by atoms with Gasteiger partial charge in [0.05, 0.1) is 12.0 Å². The van der Waals surface area contributed by atoms with Crippen LogP contribution in [0, 0.1) is 10.1 Å². The summed E-state index contributed by atoms with van der Waals surface area (Å²) in [7, 11) is 1.64. The van der Waals surface area contributed by atoms with E-state index in [0.29, 0.717) is 0 Å². The Morgan fingerprint density at radius 1 is 1.11 bits per heavy atom. The summed E-state index contributed by atoms with van der Waals surface area (Å²) in [5.41, 5.74) is 1.18. The molecule has 2 rings (SSSR count). The second-order valence-electron chi connectivity index (χ2n) is 3.89. The molecule has 0 fully saturated rings. The third-order valence-corrected chi connectivity index (χ3v) is 3.70. The molecule has 0 N–H and O–H groups in total. The van der Waals surface area contributed by atoms with Crippen molar-refractivity contribution in [2.24, 2.45) is 0 Å². The van der Waals surface area contributed by atoms with Crippen LogP contribution >= 0.6 is 11.8 Å². The van der Waals surface area contributed by atoms with Gasteiger partial charge < -0.3 is 4.74 Å². The van der Waals surface area contributed by atoms with Gasteiger partial charge in [-0.2, -0.15) is 0 Å². The van der Waals surface area contributed by atoms with Crippen molar-refractivity contribution >= 4 is 17.4 Å². The Labute approximate surface area is 115 Å². The lowest BCUT2D eigenvalue weighted by atomic mass is 10.2. The lowest BCUT2D eigenvalue weighted by Gasteiger charge is -2.03. The Kier molecular flexibility index (Phi) is 4.41. The van der Waals surface area contributed by atoms with Crippen molar-refractivity contribution in [1.29, 1.82) is 0 Å². The number of nitrogens with zero attached hydrogens (tertiary/aromatic N) is 1. The molecule has 0 radical (unpaired) electrons. The molecule has 98 valence electrons. The van der Waals surface area contributed by atoms with Crippen LogP contribution in [0.1, 0.15) is 5.56 Å². The highest BCUT2D eigenvalue weighted by atomic mass is 32.2. The van der Waals surface area contributed by atoms with Crippen LogP contribution in [0.4, 0.5) is 5.69 Å². The lowest BCUT2D eigenvalue weighted by molar-refractivity contribution is -0.384. The number of ether oxygens (including phenoxy) is 1. The molecule has 0 bridgehead atoms. The van der Waals surface area contributed by atoms with Gasteiger partial charge in [-0.05, 0) is 29.8 Å². The highest BCUT2D eigenvalue weighted by molar-refractivity contribution is 7.98. The summed E-state index contributed by atoms with van der Waals surface area (Å²) in [5, 5.41) is 10.5. The number of nitro groups is 1. The zero-order chi connectivity index (χ0) is 13.7. The molecular formula is C14H13NO3S. The topological polar surface area (TPSA) is 52.4 Å². The van der Waals surface area contributed by atoms with Crippen LogP contribution in [0.3, 0.4) is 0 Å². The Morgan fingerprint density at radius 2 is 1.74 bits per heavy atom. The quantitative estimate of drug-likeness (QED) is 0.472. The molecule has 0 aliphatic carbocycles. The van der Waals surface area contributed by atoms with Crippen LogP contribution < -0.4 is 4.74 Å². The summed E-state index contributed by atoms with van der Waals surface area (Å²) in [6.45, 7) is 0. The van der Waals surface area contributed by atoms with E-state index in [4.69, 9.17) is 4.74 Å². The summed E-state index contributed by atoms with van der Waals surface area (Å²) in [6, 6.07) is 14.5. The smallest absolute Gasteiger partial charge is 0.269 e. The molecule has 0 spiro atoms. The first-order valence-electron chi connectivity index (χ1n) is 5.69. The molecule has 5 heteroatoms. The number of benzene rings is 2. The van der Waals surface area contributed by atoms with Gasteiger partial charge in [-0.15, -0.1) is 11.8 Å². The van der Waals surface area contributed by atoms with E-state index < -0.39 is 0 Å². The summed E-state index contributed by atoms with van der Waals surface area (Å²) in [6.07, 6.45) is 0. The Morgan fingerprint density at radius 3 is 2.26 bits per heavy atom. The molecule has 0 aromatic heterocycles. The second-order valence-corrected chi connectivity index (χ2v) is 4.94. The molecule has 0 heterocycles. The maximum absolute atomic E-state index is 10.5. The molecule has 2 aromatic carbocycles. The number of rotatable bonds is 5. The van der Waals surface area contributed by atoms with Crippen molar-refractivity contribution in [3.05, 3.63) is 64.2 Å². The van der Waals surface area contributed by atoms with Crippen molar-refractivity contribution in [3.63, 3.8) is 0 Å². The first kappa shape index (κ1) is 13.4. The van der Waals surface area contributed by atoms with Crippen LogP contribution in [-0.4, -0.2) is 12.0 Å². The zero-order valence-corrected chi connectivity index (χ0v) is 11.2. The van der Waals surface area contributed by atoms with E-state index >= 15 is 0 Å². The van der Waals surface area contributed by atoms with Gasteiger partial charge in [0.1, 0.15) is 5.75 Å². The maximum Gasteiger partial charge on any atom is 0.269 e. The first-order chi connectivity index (χ1) is 9.19. The number of thioether (sulfide) groups is 1. The maximum atomic E-state index is 10.5. The van der Waals surface area contributed by atoms with Gasteiger partial charge in [-0.25, -0.2) is 0 Å². The molecule has 0 amide bonds. The predicted octanol–water partition coefficient (Wildman–Crippen LogP) is 3.90. The molecule has 0 aliphatic heterocycles. The highest BCUT2D eigenvalue weighted by Gasteiger charge is 2.04. The van der Waals surface area contributed by atoms with Gasteiger partial charge >= 0.3 is 0 Å². The number of hydrogen-bond donors (Lipinski definition) is 0. The number of methoxy groups -OCH3 is 1. The monoisotopic (exact) mass is 275 g/mol. The fraction of sp³-hybridized carbons (Fsp3) is 0.143.